The number of carbonyl (C=O) groups excluding carboxylic acids is 1. The SMILES string of the molecule is Cc1cc(=O)cc(C(=O)N2CCCCCCC2)n1C. The number of amides is 1. The van der Waals surface area contributed by atoms with Crippen LogP contribution in [0.3, 0.4) is 0 Å². The summed E-state index contributed by atoms with van der Waals surface area (Å²) in [5.41, 5.74) is 1.24. The fourth-order valence-corrected chi connectivity index (χ4v) is 2.58. The Morgan fingerprint density at radius 2 is 1.63 bits per heavy atom. The van der Waals surface area contributed by atoms with Crippen LogP contribution >= 0.6 is 0 Å². The van der Waals surface area contributed by atoms with Gasteiger partial charge in [-0.05, 0) is 19.8 Å². The third kappa shape index (κ3) is 3.25. The van der Waals surface area contributed by atoms with Crippen molar-refractivity contribution in [3.05, 3.63) is 33.7 Å². The molecule has 4 nitrogen and oxygen atoms in total. The predicted octanol–water partition coefficient (Wildman–Crippen LogP) is 2.10. The Bertz CT molecular complexity index is 511. The molecule has 1 aliphatic rings. The first kappa shape index (κ1) is 13.8. The van der Waals surface area contributed by atoms with Gasteiger partial charge in [0, 0.05) is 38.0 Å². The molecule has 1 fully saturated rings. The molecule has 1 saturated heterocycles. The first-order valence-corrected chi connectivity index (χ1v) is 7.06. The number of carbonyl (C=O) groups is 1. The standard InChI is InChI=1S/C15H22N2O2/c1-12-10-13(18)11-14(16(12)2)15(19)17-8-6-4-3-5-7-9-17/h10-11H,3-9H2,1-2H3. The molecule has 19 heavy (non-hydrogen) atoms. The van der Waals surface area contributed by atoms with Gasteiger partial charge in [0.15, 0.2) is 5.43 Å². The number of aromatic nitrogens is 1. The van der Waals surface area contributed by atoms with E-state index in [2.05, 4.69) is 0 Å². The molecule has 2 heterocycles. The van der Waals surface area contributed by atoms with Crippen LogP contribution in [0.5, 0.6) is 0 Å². The smallest absolute Gasteiger partial charge is 0.270 e. The minimum Gasteiger partial charge on any atom is -0.344 e. The normalized spacial score (nSPS) is 16.8. The Morgan fingerprint density at radius 1 is 1.05 bits per heavy atom. The van der Waals surface area contributed by atoms with Crippen LogP contribution in [-0.4, -0.2) is 28.5 Å². The maximum absolute atomic E-state index is 12.6. The minimum absolute atomic E-state index is 0.00907. The van der Waals surface area contributed by atoms with Gasteiger partial charge in [-0.3, -0.25) is 9.59 Å². The molecule has 0 spiro atoms. The fourth-order valence-electron chi connectivity index (χ4n) is 2.58. The van der Waals surface area contributed by atoms with Crippen molar-refractivity contribution >= 4 is 5.91 Å². The Kier molecular flexibility index (Phi) is 4.40. The predicted molar refractivity (Wildman–Crippen MR) is 75.4 cm³/mol. The second-order valence-corrected chi connectivity index (χ2v) is 5.34. The number of aryl methyl sites for hydroxylation is 1. The van der Waals surface area contributed by atoms with Crippen LogP contribution in [-0.2, 0) is 7.05 Å². The van der Waals surface area contributed by atoms with E-state index in [1.54, 1.807) is 6.07 Å². The van der Waals surface area contributed by atoms with Gasteiger partial charge in [0.1, 0.15) is 5.69 Å². The first-order valence-electron chi connectivity index (χ1n) is 7.06. The molecule has 0 saturated carbocycles. The van der Waals surface area contributed by atoms with Crippen molar-refractivity contribution in [2.45, 2.75) is 39.0 Å². The molecule has 1 aliphatic heterocycles. The Labute approximate surface area is 114 Å². The van der Waals surface area contributed by atoms with Crippen LogP contribution in [0, 0.1) is 6.92 Å². The van der Waals surface area contributed by atoms with Gasteiger partial charge < -0.3 is 9.47 Å². The summed E-state index contributed by atoms with van der Waals surface area (Å²) in [5, 5.41) is 0. The van der Waals surface area contributed by atoms with E-state index in [-0.39, 0.29) is 11.3 Å². The molecule has 104 valence electrons. The van der Waals surface area contributed by atoms with Gasteiger partial charge in [0.05, 0.1) is 0 Å². The van der Waals surface area contributed by atoms with Gasteiger partial charge >= 0.3 is 0 Å². The van der Waals surface area contributed by atoms with Crippen LogP contribution in [0.25, 0.3) is 0 Å². The molecule has 1 aromatic heterocycles. The van der Waals surface area contributed by atoms with Crippen molar-refractivity contribution in [3.8, 4) is 0 Å². The van der Waals surface area contributed by atoms with Gasteiger partial charge in [-0.15, -0.1) is 0 Å². The molecular weight excluding hydrogens is 240 g/mol. The number of pyridine rings is 1. The van der Waals surface area contributed by atoms with E-state index < -0.39 is 0 Å². The fraction of sp³-hybridized carbons (Fsp3) is 0.600. The monoisotopic (exact) mass is 262 g/mol. The lowest BCUT2D eigenvalue weighted by atomic mass is 10.1. The molecule has 0 aliphatic carbocycles. The summed E-state index contributed by atoms with van der Waals surface area (Å²) in [7, 11) is 1.84. The van der Waals surface area contributed by atoms with Crippen LogP contribution in [0.4, 0.5) is 0 Å². The van der Waals surface area contributed by atoms with Gasteiger partial charge in [0.25, 0.3) is 5.91 Å². The van der Waals surface area contributed by atoms with Crippen molar-refractivity contribution in [1.82, 2.24) is 9.47 Å². The third-order valence-electron chi connectivity index (χ3n) is 3.88. The number of hydrogen-bond donors (Lipinski definition) is 0. The molecule has 0 radical (unpaired) electrons. The molecule has 0 N–H and O–H groups in total. The summed E-state index contributed by atoms with van der Waals surface area (Å²) < 4.78 is 1.81. The average Bonchev–Trinajstić information content (AvgIpc) is 2.32. The van der Waals surface area contributed by atoms with E-state index in [0.29, 0.717) is 5.69 Å². The Balaban J connectivity index is 2.25. The van der Waals surface area contributed by atoms with Crippen molar-refractivity contribution < 1.29 is 4.79 Å². The zero-order valence-electron chi connectivity index (χ0n) is 11.8. The Hall–Kier alpha value is -1.58. The van der Waals surface area contributed by atoms with Crippen LogP contribution < -0.4 is 5.43 Å². The summed E-state index contributed by atoms with van der Waals surface area (Å²) >= 11 is 0. The van der Waals surface area contributed by atoms with Crippen LogP contribution in [0.1, 0.15) is 48.3 Å². The summed E-state index contributed by atoms with van der Waals surface area (Å²) in [5.74, 6) is -0.00907. The molecule has 1 aromatic rings. The lowest BCUT2D eigenvalue weighted by Gasteiger charge is -2.26. The maximum atomic E-state index is 12.6. The van der Waals surface area contributed by atoms with E-state index in [4.69, 9.17) is 0 Å². The number of hydrogen-bond acceptors (Lipinski definition) is 2. The van der Waals surface area contributed by atoms with E-state index >= 15 is 0 Å². The molecule has 1 amide bonds. The van der Waals surface area contributed by atoms with Crippen LogP contribution in [0.15, 0.2) is 16.9 Å². The second-order valence-electron chi connectivity index (χ2n) is 5.34. The van der Waals surface area contributed by atoms with E-state index in [1.165, 1.54) is 25.3 Å². The number of nitrogens with zero attached hydrogens (tertiary/aromatic N) is 2. The highest BCUT2D eigenvalue weighted by Gasteiger charge is 2.19. The topological polar surface area (TPSA) is 42.3 Å². The zero-order chi connectivity index (χ0) is 13.8. The molecule has 4 heteroatoms. The molecule has 0 unspecified atom stereocenters. The van der Waals surface area contributed by atoms with Gasteiger partial charge in [0.2, 0.25) is 0 Å². The number of rotatable bonds is 1. The first-order chi connectivity index (χ1) is 9.09. The lowest BCUT2D eigenvalue weighted by Crippen LogP contribution is -2.36. The van der Waals surface area contributed by atoms with Crippen LogP contribution in [0.2, 0.25) is 0 Å². The van der Waals surface area contributed by atoms with Gasteiger partial charge in [-0.25, -0.2) is 0 Å². The Morgan fingerprint density at radius 3 is 2.26 bits per heavy atom. The average molecular weight is 262 g/mol. The van der Waals surface area contributed by atoms with E-state index in [0.717, 1.165) is 31.6 Å². The maximum Gasteiger partial charge on any atom is 0.270 e. The lowest BCUT2D eigenvalue weighted by molar-refractivity contribution is 0.0731. The number of likely N-dealkylation sites (tertiary alicyclic amines) is 1. The van der Waals surface area contributed by atoms with Crippen molar-refractivity contribution in [1.29, 1.82) is 0 Å². The second kappa shape index (κ2) is 6.04. The van der Waals surface area contributed by atoms with Gasteiger partial charge in [-0.2, -0.15) is 0 Å². The van der Waals surface area contributed by atoms with E-state index in [9.17, 15) is 9.59 Å². The summed E-state index contributed by atoms with van der Waals surface area (Å²) in [6.07, 6.45) is 5.77. The molecule has 0 aromatic carbocycles. The van der Waals surface area contributed by atoms with Gasteiger partial charge in [-0.1, -0.05) is 19.3 Å². The zero-order valence-corrected chi connectivity index (χ0v) is 11.8. The summed E-state index contributed by atoms with van der Waals surface area (Å²) in [6.45, 7) is 3.47. The van der Waals surface area contributed by atoms with Crippen molar-refractivity contribution in [3.63, 3.8) is 0 Å². The summed E-state index contributed by atoms with van der Waals surface area (Å²) in [6, 6.07) is 3.01. The highest BCUT2D eigenvalue weighted by Crippen LogP contribution is 2.13. The third-order valence-corrected chi connectivity index (χ3v) is 3.88. The summed E-state index contributed by atoms with van der Waals surface area (Å²) in [4.78, 5) is 26.0. The minimum atomic E-state index is -0.0917. The van der Waals surface area contributed by atoms with Crippen molar-refractivity contribution in [2.75, 3.05) is 13.1 Å². The molecular formula is C15H22N2O2. The highest BCUT2D eigenvalue weighted by molar-refractivity contribution is 5.92. The highest BCUT2D eigenvalue weighted by atomic mass is 16.2. The molecule has 0 atom stereocenters. The largest absolute Gasteiger partial charge is 0.344 e. The molecule has 0 bridgehead atoms. The van der Waals surface area contributed by atoms with Crippen molar-refractivity contribution in [2.24, 2.45) is 7.05 Å². The quantitative estimate of drug-likeness (QED) is 0.778. The molecule has 2 rings (SSSR count). The van der Waals surface area contributed by atoms with E-state index in [1.807, 2.05) is 23.4 Å².